The van der Waals surface area contributed by atoms with E-state index in [2.05, 4.69) is 15.9 Å². The minimum absolute atomic E-state index is 0.141. The van der Waals surface area contributed by atoms with E-state index < -0.39 is 0 Å². The van der Waals surface area contributed by atoms with Crippen LogP contribution in [0.5, 0.6) is 5.75 Å². The van der Waals surface area contributed by atoms with E-state index in [1.807, 2.05) is 6.92 Å². The van der Waals surface area contributed by atoms with Crippen LogP contribution in [0.4, 0.5) is 0 Å². The molecule has 2 nitrogen and oxygen atoms in total. The van der Waals surface area contributed by atoms with Gasteiger partial charge in [0.05, 0.1) is 9.50 Å². The topological polar surface area (TPSA) is 46.2 Å². The smallest absolute Gasteiger partial charge is 0.136 e. The number of halogens is 2. The highest BCUT2D eigenvalue weighted by Crippen LogP contribution is 2.37. The van der Waals surface area contributed by atoms with Crippen LogP contribution in [0.15, 0.2) is 16.6 Å². The van der Waals surface area contributed by atoms with E-state index >= 15 is 0 Å². The lowest BCUT2D eigenvalue weighted by atomic mass is 10.0. The highest BCUT2D eigenvalue weighted by Gasteiger charge is 2.13. The molecule has 1 rings (SSSR count). The Bertz CT molecular complexity index is 317. The van der Waals surface area contributed by atoms with Crippen LogP contribution in [-0.4, -0.2) is 5.11 Å². The van der Waals surface area contributed by atoms with Gasteiger partial charge in [-0.05, 0) is 28.4 Å². The molecule has 0 aliphatic heterocycles. The monoisotopic (exact) mass is 263 g/mol. The largest absolute Gasteiger partial charge is 0.506 e. The molecule has 0 bridgehead atoms. The summed E-state index contributed by atoms with van der Waals surface area (Å²) >= 11 is 8.98. The number of benzene rings is 1. The summed E-state index contributed by atoms with van der Waals surface area (Å²) in [6.45, 7) is 1.96. The molecule has 1 aromatic rings. The number of rotatable bonds is 2. The third-order valence-corrected chi connectivity index (χ3v) is 3.29. The molecule has 0 fully saturated rings. The van der Waals surface area contributed by atoms with Gasteiger partial charge >= 0.3 is 0 Å². The summed E-state index contributed by atoms with van der Waals surface area (Å²) in [7, 11) is 0. The van der Waals surface area contributed by atoms with Gasteiger partial charge in [0.25, 0.3) is 0 Å². The van der Waals surface area contributed by atoms with Crippen LogP contribution in [0.25, 0.3) is 0 Å². The maximum absolute atomic E-state index is 9.67. The number of phenols is 1. The van der Waals surface area contributed by atoms with E-state index in [0.29, 0.717) is 9.50 Å². The molecule has 0 saturated carbocycles. The van der Waals surface area contributed by atoms with Gasteiger partial charge in [0, 0.05) is 11.6 Å². The number of phenolic OH excluding ortho intramolecular Hbond substituents is 1. The molecule has 0 unspecified atom stereocenters. The molecule has 0 amide bonds. The van der Waals surface area contributed by atoms with Gasteiger partial charge in [0.2, 0.25) is 0 Å². The first-order valence-corrected chi connectivity index (χ1v) is 5.17. The lowest BCUT2D eigenvalue weighted by Crippen LogP contribution is -2.08. The molecule has 3 N–H and O–H groups in total. The zero-order valence-corrected chi connectivity index (χ0v) is 9.56. The standard InChI is InChI=1S/C9H11BrClNO/c1-2-7(12)5-3-4-6(11)8(10)9(5)13/h3-4,7,13H,2,12H2,1H3/t7-/m0/s1. The van der Waals surface area contributed by atoms with Crippen molar-refractivity contribution < 1.29 is 5.11 Å². The fourth-order valence-corrected chi connectivity index (χ4v) is 1.59. The first kappa shape index (κ1) is 10.8. The van der Waals surface area contributed by atoms with Crippen molar-refractivity contribution in [2.75, 3.05) is 0 Å². The van der Waals surface area contributed by atoms with Crippen LogP contribution < -0.4 is 5.73 Å². The molecule has 13 heavy (non-hydrogen) atoms. The summed E-state index contributed by atoms with van der Waals surface area (Å²) in [6, 6.07) is 3.32. The number of aromatic hydroxyl groups is 1. The maximum atomic E-state index is 9.67. The van der Waals surface area contributed by atoms with Gasteiger partial charge in [-0.3, -0.25) is 0 Å². The highest BCUT2D eigenvalue weighted by atomic mass is 79.9. The second-order valence-electron chi connectivity index (χ2n) is 2.81. The van der Waals surface area contributed by atoms with Crippen molar-refractivity contribution >= 4 is 27.5 Å². The second kappa shape index (κ2) is 4.31. The van der Waals surface area contributed by atoms with E-state index in [9.17, 15) is 5.11 Å². The Morgan fingerprint density at radius 1 is 1.62 bits per heavy atom. The van der Waals surface area contributed by atoms with Crippen molar-refractivity contribution in [3.8, 4) is 5.75 Å². The van der Waals surface area contributed by atoms with Crippen molar-refractivity contribution in [3.05, 3.63) is 27.2 Å². The Kier molecular flexibility index (Phi) is 3.59. The molecule has 0 aliphatic rings. The molecule has 0 aromatic heterocycles. The molecule has 0 aliphatic carbocycles. The molecule has 0 spiro atoms. The first-order chi connectivity index (χ1) is 6.07. The van der Waals surface area contributed by atoms with Crippen molar-refractivity contribution in [1.82, 2.24) is 0 Å². The fraction of sp³-hybridized carbons (Fsp3) is 0.333. The van der Waals surface area contributed by atoms with E-state index in [1.165, 1.54) is 0 Å². The highest BCUT2D eigenvalue weighted by molar-refractivity contribution is 9.10. The van der Waals surface area contributed by atoms with Crippen molar-refractivity contribution in [1.29, 1.82) is 0 Å². The third-order valence-electron chi connectivity index (χ3n) is 1.94. The van der Waals surface area contributed by atoms with Gasteiger partial charge in [-0.25, -0.2) is 0 Å². The summed E-state index contributed by atoms with van der Waals surface area (Å²) in [5.74, 6) is 0.141. The summed E-state index contributed by atoms with van der Waals surface area (Å²) in [5, 5.41) is 10.2. The Morgan fingerprint density at radius 2 is 2.23 bits per heavy atom. The molecule has 0 saturated heterocycles. The predicted molar refractivity (Wildman–Crippen MR) is 58.0 cm³/mol. The normalized spacial score (nSPS) is 12.9. The minimum atomic E-state index is -0.145. The summed E-state index contributed by atoms with van der Waals surface area (Å²) in [6.07, 6.45) is 0.779. The maximum Gasteiger partial charge on any atom is 0.136 e. The van der Waals surface area contributed by atoms with Crippen molar-refractivity contribution in [2.24, 2.45) is 5.73 Å². The predicted octanol–water partition coefficient (Wildman–Crippen LogP) is 3.22. The summed E-state index contributed by atoms with van der Waals surface area (Å²) < 4.78 is 0.510. The van der Waals surface area contributed by atoms with Crippen LogP contribution in [0, 0.1) is 0 Å². The van der Waals surface area contributed by atoms with E-state index in [-0.39, 0.29) is 11.8 Å². The van der Waals surface area contributed by atoms with Crippen LogP contribution in [0.2, 0.25) is 5.02 Å². The molecule has 4 heteroatoms. The molecule has 1 atom stereocenters. The van der Waals surface area contributed by atoms with E-state index in [4.69, 9.17) is 17.3 Å². The SMILES string of the molecule is CC[C@H](N)c1ccc(Cl)c(Br)c1O. The number of hydrogen-bond donors (Lipinski definition) is 2. The molecule has 0 heterocycles. The number of hydrogen-bond acceptors (Lipinski definition) is 2. The van der Waals surface area contributed by atoms with Gasteiger partial charge in [-0.15, -0.1) is 0 Å². The zero-order valence-electron chi connectivity index (χ0n) is 7.22. The average Bonchev–Trinajstić information content (AvgIpc) is 2.13. The average molecular weight is 265 g/mol. The van der Waals surface area contributed by atoms with Crippen LogP contribution >= 0.6 is 27.5 Å². The van der Waals surface area contributed by atoms with Crippen LogP contribution in [0.3, 0.4) is 0 Å². The van der Waals surface area contributed by atoms with Crippen molar-refractivity contribution in [2.45, 2.75) is 19.4 Å². The molecule has 0 radical (unpaired) electrons. The van der Waals surface area contributed by atoms with E-state index in [0.717, 1.165) is 12.0 Å². The fourth-order valence-electron chi connectivity index (χ4n) is 1.07. The molecular formula is C9H11BrClNO. The van der Waals surface area contributed by atoms with Crippen LogP contribution in [0.1, 0.15) is 24.9 Å². The zero-order chi connectivity index (χ0) is 10.0. The van der Waals surface area contributed by atoms with E-state index in [1.54, 1.807) is 12.1 Å². The lowest BCUT2D eigenvalue weighted by Gasteiger charge is -2.12. The Balaban J connectivity index is 3.18. The van der Waals surface area contributed by atoms with Gasteiger partial charge in [0.15, 0.2) is 0 Å². The lowest BCUT2D eigenvalue weighted by molar-refractivity contribution is 0.457. The minimum Gasteiger partial charge on any atom is -0.506 e. The number of nitrogens with two attached hydrogens (primary N) is 1. The quantitative estimate of drug-likeness (QED) is 0.861. The Labute approximate surface area is 90.8 Å². The first-order valence-electron chi connectivity index (χ1n) is 4.00. The summed E-state index contributed by atoms with van der Waals surface area (Å²) in [4.78, 5) is 0. The molecule has 72 valence electrons. The Morgan fingerprint density at radius 3 is 2.77 bits per heavy atom. The van der Waals surface area contributed by atoms with Gasteiger partial charge in [0.1, 0.15) is 5.75 Å². The van der Waals surface area contributed by atoms with Gasteiger partial charge in [-0.2, -0.15) is 0 Å². The van der Waals surface area contributed by atoms with Crippen molar-refractivity contribution in [3.63, 3.8) is 0 Å². The molecule has 1 aromatic carbocycles. The summed E-state index contributed by atoms with van der Waals surface area (Å²) in [5.41, 5.74) is 6.51. The van der Waals surface area contributed by atoms with Crippen LogP contribution in [-0.2, 0) is 0 Å². The van der Waals surface area contributed by atoms with Gasteiger partial charge < -0.3 is 10.8 Å². The molecular weight excluding hydrogens is 253 g/mol. The second-order valence-corrected chi connectivity index (χ2v) is 4.01. The third kappa shape index (κ3) is 2.16. The Hall–Kier alpha value is -0.250. The van der Waals surface area contributed by atoms with Gasteiger partial charge in [-0.1, -0.05) is 24.6 Å².